The highest BCUT2D eigenvalue weighted by atomic mass is 16.8. The van der Waals surface area contributed by atoms with Crippen molar-refractivity contribution < 1.29 is 21.1 Å². The summed E-state index contributed by atoms with van der Waals surface area (Å²) in [6.45, 7) is 3.58. The molecular weight excluding hydrogens is 172 g/mol. The predicted octanol–water partition coefficient (Wildman–Crippen LogP) is -0.122. The highest BCUT2D eigenvalue weighted by Gasteiger charge is 2.56. The molecule has 0 aromatic carbocycles. The first kappa shape index (κ1) is 8.17. The summed E-state index contributed by atoms with van der Waals surface area (Å²) < 4.78 is 18.3. The second-order valence-corrected chi connectivity index (χ2v) is 4.21. The fourth-order valence-electron chi connectivity index (χ4n) is 2.05. The van der Waals surface area contributed by atoms with Crippen LogP contribution in [0.4, 0.5) is 0 Å². The zero-order chi connectivity index (χ0) is 10.5. The maximum atomic E-state index is 9.66. The lowest BCUT2D eigenvalue weighted by molar-refractivity contribution is -0.179. The highest BCUT2D eigenvalue weighted by Crippen LogP contribution is 2.41. The maximum Gasteiger partial charge on any atom is 0.163 e. The summed E-state index contributed by atoms with van der Waals surface area (Å²) >= 11 is 0. The molecule has 2 aliphatic rings. The SMILES string of the molecule is [2H]C[C@@H]1[C@H](O)[C@H](O)[C@H]2OC(C)(C)O[C@@H]12. The molecular formula is C9H16O4. The van der Waals surface area contributed by atoms with Crippen molar-refractivity contribution in [3.05, 3.63) is 0 Å². The third-order valence-electron chi connectivity index (χ3n) is 2.71. The lowest BCUT2D eigenvalue weighted by atomic mass is 10.1. The molecule has 1 saturated heterocycles. The van der Waals surface area contributed by atoms with Crippen molar-refractivity contribution in [2.45, 2.75) is 51.0 Å². The van der Waals surface area contributed by atoms with Gasteiger partial charge in [0.2, 0.25) is 0 Å². The van der Waals surface area contributed by atoms with E-state index in [0.717, 1.165) is 0 Å². The first-order valence-electron chi connectivity index (χ1n) is 5.18. The molecule has 0 aromatic rings. The highest BCUT2D eigenvalue weighted by molar-refractivity contribution is 5.02. The van der Waals surface area contributed by atoms with Crippen LogP contribution in [-0.4, -0.2) is 40.4 Å². The molecule has 1 heterocycles. The van der Waals surface area contributed by atoms with Gasteiger partial charge in [-0.25, -0.2) is 0 Å². The van der Waals surface area contributed by atoms with Crippen molar-refractivity contribution in [1.29, 1.82) is 0 Å². The fourth-order valence-corrected chi connectivity index (χ4v) is 2.05. The molecule has 4 nitrogen and oxygen atoms in total. The van der Waals surface area contributed by atoms with E-state index >= 15 is 0 Å². The molecule has 0 bridgehead atoms. The third kappa shape index (κ3) is 1.29. The molecule has 0 aromatic heterocycles. The van der Waals surface area contributed by atoms with E-state index in [2.05, 4.69) is 0 Å². The third-order valence-corrected chi connectivity index (χ3v) is 2.71. The topological polar surface area (TPSA) is 58.9 Å². The Morgan fingerprint density at radius 3 is 2.38 bits per heavy atom. The van der Waals surface area contributed by atoms with Gasteiger partial charge in [0.05, 0.1) is 12.2 Å². The van der Waals surface area contributed by atoms with Gasteiger partial charge in [0.15, 0.2) is 5.79 Å². The van der Waals surface area contributed by atoms with E-state index in [1.165, 1.54) is 0 Å². The number of aliphatic hydroxyl groups is 2. The summed E-state index contributed by atoms with van der Waals surface area (Å²) in [5.74, 6) is -1.07. The molecule has 76 valence electrons. The van der Waals surface area contributed by atoms with Crippen LogP contribution in [0, 0.1) is 5.92 Å². The van der Waals surface area contributed by atoms with Crippen molar-refractivity contribution in [1.82, 2.24) is 0 Å². The van der Waals surface area contributed by atoms with E-state index in [9.17, 15) is 10.2 Å². The molecule has 1 saturated carbocycles. The van der Waals surface area contributed by atoms with E-state index in [0.29, 0.717) is 0 Å². The zero-order valence-electron chi connectivity index (χ0n) is 8.80. The monoisotopic (exact) mass is 189 g/mol. The van der Waals surface area contributed by atoms with Crippen LogP contribution >= 0.6 is 0 Å². The number of hydrogen-bond acceptors (Lipinski definition) is 4. The van der Waals surface area contributed by atoms with Crippen LogP contribution in [0.3, 0.4) is 0 Å². The molecule has 2 rings (SSSR count). The number of rotatable bonds is 0. The van der Waals surface area contributed by atoms with E-state index < -0.39 is 24.1 Å². The van der Waals surface area contributed by atoms with E-state index in [-0.39, 0.29) is 18.9 Å². The van der Waals surface area contributed by atoms with Gasteiger partial charge in [0, 0.05) is 7.29 Å². The Bertz CT molecular complexity index is 233. The molecule has 4 heteroatoms. The number of aliphatic hydroxyl groups excluding tert-OH is 2. The van der Waals surface area contributed by atoms with Crippen molar-refractivity contribution in [2.75, 3.05) is 0 Å². The van der Waals surface area contributed by atoms with Crippen molar-refractivity contribution in [3.63, 3.8) is 0 Å². The molecule has 13 heavy (non-hydrogen) atoms. The first-order valence-corrected chi connectivity index (χ1v) is 4.47. The average Bonchev–Trinajstić information content (AvgIpc) is 2.50. The van der Waals surface area contributed by atoms with E-state index in [4.69, 9.17) is 10.8 Å². The smallest absolute Gasteiger partial charge is 0.163 e. The van der Waals surface area contributed by atoms with Crippen LogP contribution in [0.1, 0.15) is 22.1 Å². The second kappa shape index (κ2) is 2.67. The van der Waals surface area contributed by atoms with Crippen LogP contribution < -0.4 is 0 Å². The number of fused-ring (bicyclic) bond motifs is 1. The molecule has 0 unspecified atom stereocenters. The van der Waals surface area contributed by atoms with Crippen LogP contribution in [0.15, 0.2) is 0 Å². The largest absolute Gasteiger partial charge is 0.390 e. The average molecular weight is 189 g/mol. The Labute approximate surface area is 78.9 Å². The minimum absolute atomic E-state index is 0.0405. The van der Waals surface area contributed by atoms with Crippen LogP contribution in [0.5, 0.6) is 0 Å². The van der Waals surface area contributed by atoms with E-state index in [1.807, 2.05) is 0 Å². The molecule has 0 radical (unpaired) electrons. The number of ether oxygens (including phenoxy) is 2. The Balaban J connectivity index is 2.19. The van der Waals surface area contributed by atoms with Gasteiger partial charge in [0.1, 0.15) is 12.2 Å². The summed E-state index contributed by atoms with van der Waals surface area (Å²) in [5.41, 5.74) is 0. The lowest BCUT2D eigenvalue weighted by Gasteiger charge is -2.23. The quantitative estimate of drug-likeness (QED) is 0.557. The molecule has 5 atom stereocenters. The van der Waals surface area contributed by atoms with Gasteiger partial charge in [0.25, 0.3) is 0 Å². The van der Waals surface area contributed by atoms with Gasteiger partial charge in [-0.1, -0.05) is 6.90 Å². The second-order valence-electron chi connectivity index (χ2n) is 4.21. The zero-order valence-corrected chi connectivity index (χ0v) is 7.80. The first-order chi connectivity index (χ1) is 6.46. The normalized spacial score (nSPS) is 54.8. The number of hydrogen-bond donors (Lipinski definition) is 2. The van der Waals surface area contributed by atoms with Crippen LogP contribution in [-0.2, 0) is 9.47 Å². The Kier molecular flexibility index (Phi) is 1.68. The molecule has 2 N–H and O–H groups in total. The predicted molar refractivity (Wildman–Crippen MR) is 45.0 cm³/mol. The van der Waals surface area contributed by atoms with Gasteiger partial charge in [-0.3, -0.25) is 0 Å². The molecule has 1 aliphatic carbocycles. The standard InChI is InChI=1S/C9H16O4/c1-4-5(10)6(11)8-7(4)12-9(2,3)13-8/h4-8,10-11H,1-3H3/t4-,5+,6+,7+,8-/m1/s1/i1D. The Morgan fingerprint density at radius 2 is 1.77 bits per heavy atom. The van der Waals surface area contributed by atoms with Crippen LogP contribution in [0.25, 0.3) is 0 Å². The van der Waals surface area contributed by atoms with Crippen molar-refractivity contribution >= 4 is 0 Å². The summed E-state index contributed by atoms with van der Waals surface area (Å²) in [4.78, 5) is 0. The minimum atomic E-state index is -0.933. The van der Waals surface area contributed by atoms with Gasteiger partial charge >= 0.3 is 0 Å². The Hall–Kier alpha value is -0.160. The molecule has 0 spiro atoms. The molecule has 2 fully saturated rings. The minimum Gasteiger partial charge on any atom is -0.390 e. The summed E-state index contributed by atoms with van der Waals surface area (Å²) in [5, 5.41) is 19.3. The molecule has 1 aliphatic heterocycles. The Morgan fingerprint density at radius 1 is 1.15 bits per heavy atom. The van der Waals surface area contributed by atoms with Gasteiger partial charge < -0.3 is 19.7 Å². The summed E-state index contributed by atoms with van der Waals surface area (Å²) in [6.07, 6.45) is -2.68. The lowest BCUT2D eigenvalue weighted by Crippen LogP contribution is -2.35. The van der Waals surface area contributed by atoms with Gasteiger partial charge in [-0.2, -0.15) is 0 Å². The van der Waals surface area contributed by atoms with Gasteiger partial charge in [-0.05, 0) is 13.8 Å². The maximum absolute atomic E-state index is 9.66. The summed E-state index contributed by atoms with van der Waals surface area (Å²) in [6, 6.07) is 0. The van der Waals surface area contributed by atoms with Crippen LogP contribution in [0.2, 0.25) is 0 Å². The van der Waals surface area contributed by atoms with Crippen molar-refractivity contribution in [2.24, 2.45) is 5.92 Å². The molecule has 0 amide bonds. The van der Waals surface area contributed by atoms with Crippen molar-refractivity contribution in [3.8, 4) is 0 Å². The van der Waals surface area contributed by atoms with Gasteiger partial charge in [-0.15, -0.1) is 0 Å². The fraction of sp³-hybridized carbons (Fsp3) is 1.00. The summed E-state index contributed by atoms with van der Waals surface area (Å²) in [7, 11) is 0. The van der Waals surface area contributed by atoms with E-state index in [1.54, 1.807) is 13.8 Å².